The number of thiophene rings is 1. The van der Waals surface area contributed by atoms with Crippen LogP contribution in [0.3, 0.4) is 0 Å². The van der Waals surface area contributed by atoms with Gasteiger partial charge in [0.15, 0.2) is 0 Å². The van der Waals surface area contributed by atoms with E-state index in [1.54, 1.807) is 12.3 Å². The number of carboxylic acid groups (broad SMARTS) is 1. The van der Waals surface area contributed by atoms with Crippen molar-refractivity contribution in [3.8, 4) is 39.4 Å². The van der Waals surface area contributed by atoms with E-state index in [9.17, 15) is 15.2 Å². The molecule has 150 valence electrons. The maximum absolute atomic E-state index is 11.2. The molecule has 0 amide bonds. The number of carbonyl (C=O) groups is 1. The summed E-state index contributed by atoms with van der Waals surface area (Å²) in [4.78, 5) is 19.4. The van der Waals surface area contributed by atoms with E-state index < -0.39 is 5.97 Å². The first kappa shape index (κ1) is 19.3. The molecule has 0 aliphatic carbocycles. The van der Waals surface area contributed by atoms with Crippen LogP contribution in [0.2, 0.25) is 0 Å². The lowest BCUT2D eigenvalue weighted by molar-refractivity contribution is 0.0691. The van der Waals surface area contributed by atoms with Gasteiger partial charge in [-0.3, -0.25) is 0 Å². The van der Waals surface area contributed by atoms with Crippen molar-refractivity contribution in [2.75, 3.05) is 7.11 Å². The standard InChI is InChI=1S/C21H15N3O5S/c1-27-18-8-16(21(25)26)23-17(18)11-29-20-14(9-22)13(12-4-5-28-10-12)7-15(24-20)19-3-2-6-30-19/h2-8,10,23H,11H2,1H3,(H,25,26). The highest BCUT2D eigenvalue weighted by Crippen LogP contribution is 2.35. The second-order valence-corrected chi connectivity index (χ2v) is 7.11. The van der Waals surface area contributed by atoms with E-state index in [4.69, 9.17) is 13.9 Å². The molecule has 0 unspecified atom stereocenters. The SMILES string of the molecule is COc1cc(C(=O)O)[nH]c1COc1nc(-c2cccs2)cc(-c2ccoc2)c1C#N. The molecule has 0 fully saturated rings. The van der Waals surface area contributed by atoms with Crippen LogP contribution in [0.4, 0.5) is 0 Å². The van der Waals surface area contributed by atoms with Gasteiger partial charge in [0, 0.05) is 17.2 Å². The van der Waals surface area contributed by atoms with Crippen molar-refractivity contribution in [3.05, 3.63) is 65.2 Å². The minimum atomic E-state index is -1.11. The number of aromatic carboxylic acids is 1. The Bertz CT molecular complexity index is 1220. The average Bonchev–Trinajstić information content (AvgIpc) is 3.52. The van der Waals surface area contributed by atoms with Crippen LogP contribution in [0.1, 0.15) is 21.7 Å². The van der Waals surface area contributed by atoms with E-state index in [-0.39, 0.29) is 23.7 Å². The summed E-state index contributed by atoms with van der Waals surface area (Å²) in [7, 11) is 1.44. The lowest BCUT2D eigenvalue weighted by Crippen LogP contribution is -2.04. The quantitative estimate of drug-likeness (QED) is 0.449. The second-order valence-electron chi connectivity index (χ2n) is 6.16. The first-order valence-electron chi connectivity index (χ1n) is 8.74. The minimum absolute atomic E-state index is 0.0228. The fourth-order valence-corrected chi connectivity index (χ4v) is 3.64. The van der Waals surface area contributed by atoms with Crippen LogP contribution in [-0.2, 0) is 6.61 Å². The van der Waals surface area contributed by atoms with E-state index in [1.807, 2.05) is 23.6 Å². The Hall–Kier alpha value is -4.03. The number of nitrogens with one attached hydrogen (secondary N) is 1. The summed E-state index contributed by atoms with van der Waals surface area (Å²) in [5.74, 6) is -0.638. The van der Waals surface area contributed by atoms with Crippen molar-refractivity contribution in [2.45, 2.75) is 6.61 Å². The van der Waals surface area contributed by atoms with Crippen LogP contribution in [0.5, 0.6) is 11.6 Å². The predicted octanol–water partition coefficient (Wildman–Crippen LogP) is 4.56. The molecule has 4 rings (SSSR count). The highest BCUT2D eigenvalue weighted by atomic mass is 32.1. The number of pyridine rings is 1. The summed E-state index contributed by atoms with van der Waals surface area (Å²) < 4.78 is 16.3. The molecule has 4 aromatic rings. The molecule has 0 aromatic carbocycles. The molecule has 2 N–H and O–H groups in total. The zero-order valence-corrected chi connectivity index (χ0v) is 16.5. The van der Waals surface area contributed by atoms with Gasteiger partial charge in [-0.25, -0.2) is 9.78 Å². The highest BCUT2D eigenvalue weighted by Gasteiger charge is 2.19. The first-order chi connectivity index (χ1) is 14.6. The van der Waals surface area contributed by atoms with E-state index >= 15 is 0 Å². The molecule has 8 nitrogen and oxygen atoms in total. The van der Waals surface area contributed by atoms with Crippen molar-refractivity contribution >= 4 is 17.3 Å². The molecule has 0 radical (unpaired) electrons. The van der Waals surface area contributed by atoms with Crippen molar-refractivity contribution in [1.82, 2.24) is 9.97 Å². The largest absolute Gasteiger partial charge is 0.495 e. The van der Waals surface area contributed by atoms with Gasteiger partial charge < -0.3 is 24.0 Å². The smallest absolute Gasteiger partial charge is 0.352 e. The molecule has 0 saturated carbocycles. The summed E-state index contributed by atoms with van der Waals surface area (Å²) in [5, 5.41) is 20.9. The lowest BCUT2D eigenvalue weighted by atomic mass is 10.0. The average molecular weight is 421 g/mol. The number of carboxylic acids is 1. The highest BCUT2D eigenvalue weighted by molar-refractivity contribution is 7.13. The topological polar surface area (TPSA) is 121 Å². The Morgan fingerprint density at radius 1 is 1.40 bits per heavy atom. The van der Waals surface area contributed by atoms with Crippen molar-refractivity contribution in [2.24, 2.45) is 0 Å². The third kappa shape index (κ3) is 3.64. The molecule has 0 bridgehead atoms. The molecule has 4 aromatic heterocycles. The van der Waals surface area contributed by atoms with Gasteiger partial charge in [-0.2, -0.15) is 5.26 Å². The molecule has 0 spiro atoms. The Morgan fingerprint density at radius 3 is 2.90 bits per heavy atom. The number of hydrogen-bond donors (Lipinski definition) is 2. The van der Waals surface area contributed by atoms with Gasteiger partial charge in [-0.1, -0.05) is 6.07 Å². The maximum Gasteiger partial charge on any atom is 0.352 e. The summed E-state index contributed by atoms with van der Waals surface area (Å²) >= 11 is 1.52. The monoisotopic (exact) mass is 421 g/mol. The zero-order chi connectivity index (χ0) is 21.1. The van der Waals surface area contributed by atoms with Crippen LogP contribution >= 0.6 is 11.3 Å². The summed E-state index contributed by atoms with van der Waals surface area (Å²) in [6.07, 6.45) is 3.07. The number of hydrogen-bond acceptors (Lipinski definition) is 7. The van der Waals surface area contributed by atoms with Gasteiger partial charge in [0.25, 0.3) is 0 Å². The fraction of sp³-hybridized carbons (Fsp3) is 0.0952. The van der Waals surface area contributed by atoms with Crippen molar-refractivity contribution in [3.63, 3.8) is 0 Å². The van der Waals surface area contributed by atoms with Gasteiger partial charge in [0.1, 0.15) is 29.7 Å². The molecular weight excluding hydrogens is 406 g/mol. The molecular formula is C21H15N3O5S. The third-order valence-electron chi connectivity index (χ3n) is 4.37. The fourth-order valence-electron chi connectivity index (χ4n) is 2.95. The van der Waals surface area contributed by atoms with Gasteiger partial charge in [-0.05, 0) is 23.6 Å². The first-order valence-corrected chi connectivity index (χ1v) is 9.62. The Labute approximate surface area is 175 Å². The molecule has 0 atom stereocenters. The van der Waals surface area contributed by atoms with Crippen LogP contribution < -0.4 is 9.47 Å². The Balaban J connectivity index is 1.76. The minimum Gasteiger partial charge on any atom is -0.495 e. The second kappa shape index (κ2) is 8.14. The van der Waals surface area contributed by atoms with E-state index in [1.165, 1.54) is 30.8 Å². The van der Waals surface area contributed by atoms with E-state index in [0.717, 1.165) is 10.4 Å². The summed E-state index contributed by atoms with van der Waals surface area (Å²) in [6, 6.07) is 10.9. The molecule has 30 heavy (non-hydrogen) atoms. The maximum atomic E-state index is 11.2. The van der Waals surface area contributed by atoms with Gasteiger partial charge in [0.2, 0.25) is 5.88 Å². The third-order valence-corrected chi connectivity index (χ3v) is 5.26. The van der Waals surface area contributed by atoms with Crippen LogP contribution in [0, 0.1) is 11.3 Å². The number of nitriles is 1. The van der Waals surface area contributed by atoms with Crippen LogP contribution in [-0.4, -0.2) is 28.2 Å². The van der Waals surface area contributed by atoms with Crippen molar-refractivity contribution in [1.29, 1.82) is 5.26 Å². The molecule has 0 saturated heterocycles. The molecule has 4 heterocycles. The molecule has 0 aliphatic heterocycles. The summed E-state index contributed by atoms with van der Waals surface area (Å²) in [6.45, 7) is -0.0587. The number of furan rings is 1. The number of aromatic nitrogens is 2. The number of ether oxygens (including phenoxy) is 2. The lowest BCUT2D eigenvalue weighted by Gasteiger charge is -2.12. The zero-order valence-electron chi connectivity index (χ0n) is 15.7. The number of H-pyrrole nitrogens is 1. The van der Waals surface area contributed by atoms with Crippen molar-refractivity contribution < 1.29 is 23.8 Å². The predicted molar refractivity (Wildman–Crippen MR) is 109 cm³/mol. The summed E-state index contributed by atoms with van der Waals surface area (Å²) in [5.41, 5.74) is 2.66. The number of nitrogens with zero attached hydrogens (tertiary/aromatic N) is 2. The molecule has 0 aliphatic rings. The van der Waals surface area contributed by atoms with E-state index in [2.05, 4.69) is 16.0 Å². The number of rotatable bonds is 7. The Kier molecular flexibility index (Phi) is 5.24. The molecule has 9 heteroatoms. The van der Waals surface area contributed by atoms with E-state index in [0.29, 0.717) is 22.7 Å². The normalized spacial score (nSPS) is 10.5. The number of aromatic amines is 1. The Morgan fingerprint density at radius 2 is 2.27 bits per heavy atom. The number of methoxy groups -OCH3 is 1. The van der Waals surface area contributed by atoms with Crippen LogP contribution in [0.15, 0.2) is 52.7 Å². The van der Waals surface area contributed by atoms with Gasteiger partial charge >= 0.3 is 5.97 Å². The van der Waals surface area contributed by atoms with Gasteiger partial charge in [0.05, 0.1) is 35.9 Å². The van der Waals surface area contributed by atoms with Crippen LogP contribution in [0.25, 0.3) is 21.7 Å². The van der Waals surface area contributed by atoms with Gasteiger partial charge in [-0.15, -0.1) is 11.3 Å².